The van der Waals surface area contributed by atoms with Gasteiger partial charge >= 0.3 is 0 Å². The van der Waals surface area contributed by atoms with Crippen LogP contribution >= 0.6 is 15.9 Å². The molecule has 82 valence electrons. The second-order valence-electron chi connectivity index (χ2n) is 3.26. The number of halogens is 2. The molecule has 0 bridgehead atoms. The van der Waals surface area contributed by atoms with E-state index in [9.17, 15) is 9.18 Å². The van der Waals surface area contributed by atoms with Crippen LogP contribution in [-0.2, 0) is 0 Å². The van der Waals surface area contributed by atoms with Crippen LogP contribution in [0, 0.1) is 5.82 Å². The van der Waals surface area contributed by atoms with Crippen molar-refractivity contribution >= 4 is 32.6 Å². The van der Waals surface area contributed by atoms with Crippen LogP contribution in [0.3, 0.4) is 0 Å². The standard InChI is InChI=1S/C11H7BrFNO2/c12-10-5-7(11(15)14-16)3-6-4-8(13)1-2-9(6)10/h1-5,16H,(H,14,15). The van der Waals surface area contributed by atoms with Gasteiger partial charge in [-0.1, -0.05) is 22.0 Å². The van der Waals surface area contributed by atoms with Gasteiger partial charge < -0.3 is 0 Å². The lowest BCUT2D eigenvalue weighted by Gasteiger charge is -2.04. The number of rotatable bonds is 1. The van der Waals surface area contributed by atoms with Crippen molar-refractivity contribution in [2.24, 2.45) is 0 Å². The molecule has 0 aliphatic carbocycles. The Morgan fingerprint density at radius 2 is 2.06 bits per heavy atom. The first-order valence-corrected chi connectivity index (χ1v) is 5.24. The monoisotopic (exact) mass is 283 g/mol. The quantitative estimate of drug-likeness (QED) is 0.625. The third-order valence-corrected chi connectivity index (χ3v) is 2.88. The van der Waals surface area contributed by atoms with Crippen molar-refractivity contribution in [1.82, 2.24) is 5.48 Å². The number of hydroxylamine groups is 1. The Labute approximate surface area is 99.0 Å². The molecule has 3 nitrogen and oxygen atoms in total. The van der Waals surface area contributed by atoms with Crippen LogP contribution in [0.5, 0.6) is 0 Å². The third-order valence-electron chi connectivity index (χ3n) is 2.23. The maximum atomic E-state index is 13.0. The Hall–Kier alpha value is -1.46. The van der Waals surface area contributed by atoms with E-state index in [1.165, 1.54) is 23.7 Å². The van der Waals surface area contributed by atoms with Gasteiger partial charge in [0.05, 0.1) is 0 Å². The van der Waals surface area contributed by atoms with Gasteiger partial charge in [-0.3, -0.25) is 10.0 Å². The number of benzene rings is 2. The lowest BCUT2D eigenvalue weighted by Crippen LogP contribution is -2.18. The maximum absolute atomic E-state index is 13.0. The highest BCUT2D eigenvalue weighted by atomic mass is 79.9. The van der Waals surface area contributed by atoms with E-state index in [0.29, 0.717) is 9.86 Å². The van der Waals surface area contributed by atoms with Gasteiger partial charge in [0.15, 0.2) is 0 Å². The molecule has 16 heavy (non-hydrogen) atoms. The first-order chi connectivity index (χ1) is 7.61. The summed E-state index contributed by atoms with van der Waals surface area (Å²) in [5.74, 6) is -1.01. The van der Waals surface area contributed by atoms with Crippen LogP contribution < -0.4 is 5.48 Å². The molecule has 2 N–H and O–H groups in total. The van der Waals surface area contributed by atoms with Crippen molar-refractivity contribution in [2.75, 3.05) is 0 Å². The van der Waals surface area contributed by atoms with Gasteiger partial charge in [-0.25, -0.2) is 9.87 Å². The first kappa shape index (κ1) is 11.0. The second-order valence-corrected chi connectivity index (χ2v) is 4.12. The van der Waals surface area contributed by atoms with Crippen molar-refractivity contribution in [3.8, 4) is 0 Å². The Kier molecular flexibility index (Phi) is 2.89. The highest BCUT2D eigenvalue weighted by molar-refractivity contribution is 9.10. The van der Waals surface area contributed by atoms with E-state index in [2.05, 4.69) is 15.9 Å². The van der Waals surface area contributed by atoms with E-state index < -0.39 is 5.91 Å². The summed E-state index contributed by atoms with van der Waals surface area (Å²) in [7, 11) is 0. The topological polar surface area (TPSA) is 49.3 Å². The lowest BCUT2D eigenvalue weighted by molar-refractivity contribution is 0.0706. The van der Waals surface area contributed by atoms with Crippen LogP contribution in [0.15, 0.2) is 34.8 Å². The molecule has 0 fully saturated rings. The molecule has 0 unspecified atom stereocenters. The zero-order valence-corrected chi connectivity index (χ0v) is 9.58. The fourth-order valence-electron chi connectivity index (χ4n) is 1.49. The highest BCUT2D eigenvalue weighted by Gasteiger charge is 2.08. The van der Waals surface area contributed by atoms with Gasteiger partial charge in [-0.15, -0.1) is 0 Å². The van der Waals surface area contributed by atoms with Crippen molar-refractivity contribution < 1.29 is 14.4 Å². The van der Waals surface area contributed by atoms with E-state index >= 15 is 0 Å². The molecule has 0 saturated heterocycles. The molecule has 0 aliphatic rings. The number of hydrogen-bond donors (Lipinski definition) is 2. The lowest BCUT2D eigenvalue weighted by atomic mass is 10.1. The molecule has 2 aromatic carbocycles. The second kappa shape index (κ2) is 4.19. The minimum Gasteiger partial charge on any atom is -0.288 e. The average molecular weight is 284 g/mol. The molecule has 2 aromatic rings. The van der Waals surface area contributed by atoms with Crippen molar-refractivity contribution in [1.29, 1.82) is 0 Å². The number of amides is 1. The highest BCUT2D eigenvalue weighted by Crippen LogP contribution is 2.26. The van der Waals surface area contributed by atoms with E-state index in [1.807, 2.05) is 0 Å². The SMILES string of the molecule is O=C(NO)c1cc(Br)c2ccc(F)cc2c1. The van der Waals surface area contributed by atoms with E-state index in [0.717, 1.165) is 5.39 Å². The smallest absolute Gasteiger partial charge is 0.274 e. The van der Waals surface area contributed by atoms with Gasteiger partial charge in [-0.05, 0) is 35.0 Å². The normalized spacial score (nSPS) is 10.4. The minimum absolute atomic E-state index is 0.257. The van der Waals surface area contributed by atoms with Crippen LogP contribution in [0.1, 0.15) is 10.4 Å². The summed E-state index contributed by atoms with van der Waals surface area (Å²) in [5, 5.41) is 9.91. The summed E-state index contributed by atoms with van der Waals surface area (Å²) in [6.07, 6.45) is 0. The Morgan fingerprint density at radius 1 is 1.31 bits per heavy atom. The Bertz CT molecular complexity index is 571. The number of carbonyl (C=O) groups is 1. The number of nitrogens with one attached hydrogen (secondary N) is 1. The van der Waals surface area contributed by atoms with E-state index in [-0.39, 0.29) is 11.4 Å². The molecule has 1 amide bonds. The molecular weight excluding hydrogens is 277 g/mol. The molecule has 0 aromatic heterocycles. The van der Waals surface area contributed by atoms with Gasteiger partial charge in [-0.2, -0.15) is 0 Å². The zero-order chi connectivity index (χ0) is 11.7. The van der Waals surface area contributed by atoms with Crippen molar-refractivity contribution in [2.45, 2.75) is 0 Å². The van der Waals surface area contributed by atoms with Crippen LogP contribution in [0.4, 0.5) is 4.39 Å². The van der Waals surface area contributed by atoms with E-state index in [4.69, 9.17) is 5.21 Å². The summed E-state index contributed by atoms with van der Waals surface area (Å²) in [4.78, 5) is 11.2. The summed E-state index contributed by atoms with van der Waals surface area (Å²) in [6.45, 7) is 0. The van der Waals surface area contributed by atoms with Crippen LogP contribution in [-0.4, -0.2) is 11.1 Å². The van der Waals surface area contributed by atoms with Gasteiger partial charge in [0.25, 0.3) is 5.91 Å². The molecule has 5 heteroatoms. The molecular formula is C11H7BrFNO2. The summed E-state index contributed by atoms with van der Waals surface area (Å²) in [6, 6.07) is 7.36. The molecule has 0 aliphatic heterocycles. The molecule has 0 spiro atoms. The van der Waals surface area contributed by atoms with Crippen LogP contribution in [0.2, 0.25) is 0 Å². The molecule has 2 rings (SSSR count). The fourth-order valence-corrected chi connectivity index (χ4v) is 2.10. The molecule has 0 heterocycles. The Balaban J connectivity index is 2.69. The molecule has 0 radical (unpaired) electrons. The number of fused-ring (bicyclic) bond motifs is 1. The van der Waals surface area contributed by atoms with Gasteiger partial charge in [0.2, 0.25) is 0 Å². The van der Waals surface area contributed by atoms with Crippen molar-refractivity contribution in [3.63, 3.8) is 0 Å². The maximum Gasteiger partial charge on any atom is 0.274 e. The largest absolute Gasteiger partial charge is 0.288 e. The van der Waals surface area contributed by atoms with Crippen molar-refractivity contribution in [3.05, 3.63) is 46.2 Å². The van der Waals surface area contributed by atoms with Gasteiger partial charge in [0.1, 0.15) is 5.82 Å². The first-order valence-electron chi connectivity index (χ1n) is 4.45. The summed E-state index contributed by atoms with van der Waals surface area (Å²) in [5.41, 5.74) is 1.79. The minimum atomic E-state index is -0.633. The summed E-state index contributed by atoms with van der Waals surface area (Å²) >= 11 is 3.29. The third kappa shape index (κ3) is 1.91. The molecule has 0 atom stereocenters. The van der Waals surface area contributed by atoms with Gasteiger partial charge in [0, 0.05) is 10.0 Å². The van der Waals surface area contributed by atoms with E-state index in [1.54, 1.807) is 12.1 Å². The fraction of sp³-hybridized carbons (Fsp3) is 0. The number of carbonyl (C=O) groups excluding carboxylic acids is 1. The predicted molar refractivity (Wildman–Crippen MR) is 60.9 cm³/mol. The zero-order valence-electron chi connectivity index (χ0n) is 8.00. The van der Waals surface area contributed by atoms with Crippen LogP contribution in [0.25, 0.3) is 10.8 Å². The predicted octanol–water partition coefficient (Wildman–Crippen LogP) is 2.86. The number of hydrogen-bond acceptors (Lipinski definition) is 2. The molecule has 0 saturated carbocycles. The summed E-state index contributed by atoms with van der Waals surface area (Å²) < 4.78 is 13.7. The Morgan fingerprint density at radius 3 is 2.75 bits per heavy atom. The average Bonchev–Trinajstić information content (AvgIpc) is 2.27.